The van der Waals surface area contributed by atoms with Crippen molar-refractivity contribution in [3.8, 4) is 0 Å². The van der Waals surface area contributed by atoms with Crippen LogP contribution in [0.5, 0.6) is 0 Å². The molecule has 0 aromatic rings. The van der Waals surface area contributed by atoms with E-state index < -0.39 is 0 Å². The van der Waals surface area contributed by atoms with E-state index in [1.807, 2.05) is 0 Å². The first-order chi connectivity index (χ1) is 5.91. The first-order valence-electron chi connectivity index (χ1n) is 5.23. The fourth-order valence-electron chi connectivity index (χ4n) is 1.18. The van der Waals surface area contributed by atoms with E-state index in [9.17, 15) is 0 Å². The van der Waals surface area contributed by atoms with Crippen molar-refractivity contribution < 1.29 is 0 Å². The van der Waals surface area contributed by atoms with Crippen molar-refractivity contribution in [2.75, 3.05) is 18.8 Å². The van der Waals surface area contributed by atoms with Crippen LogP contribution < -0.4 is 5.32 Å². The maximum atomic E-state index is 4.15. The maximum Gasteiger partial charge on any atom is -0.00411 e. The third-order valence-electron chi connectivity index (χ3n) is 1.97. The van der Waals surface area contributed by atoms with Gasteiger partial charge in [0.2, 0.25) is 0 Å². The Balaban J connectivity index is 2.73. The molecule has 0 rings (SSSR count). The minimum absolute atomic E-state index is 1.00. The fraction of sp³-hybridized carbons (Fsp3) is 1.00. The van der Waals surface area contributed by atoms with Crippen molar-refractivity contribution in [3.63, 3.8) is 0 Å². The molecule has 0 aromatic heterocycles. The lowest BCUT2D eigenvalue weighted by molar-refractivity contribution is 0.582. The molecule has 2 heteroatoms. The van der Waals surface area contributed by atoms with Crippen molar-refractivity contribution in [1.82, 2.24) is 5.32 Å². The fourth-order valence-corrected chi connectivity index (χ4v) is 1.34. The summed E-state index contributed by atoms with van der Waals surface area (Å²) in [6.07, 6.45) is 8.07. The molecule has 0 aliphatic carbocycles. The summed E-state index contributed by atoms with van der Waals surface area (Å²) in [5.74, 6) is 1.00. The average molecular weight is 189 g/mol. The Bertz CT molecular complexity index is 66.2. The van der Waals surface area contributed by atoms with Crippen LogP contribution in [0.1, 0.15) is 45.4 Å². The van der Waals surface area contributed by atoms with Crippen LogP contribution in [0.25, 0.3) is 0 Å². The number of rotatable bonds is 9. The van der Waals surface area contributed by atoms with Gasteiger partial charge in [-0.1, -0.05) is 32.6 Å². The second-order valence-electron chi connectivity index (χ2n) is 3.24. The zero-order valence-electron chi connectivity index (χ0n) is 8.31. The first kappa shape index (κ1) is 12.3. The number of unbranched alkanes of at least 4 members (excludes halogenated alkanes) is 4. The normalized spacial score (nSPS) is 10.5. The van der Waals surface area contributed by atoms with E-state index in [1.54, 1.807) is 0 Å². The highest BCUT2D eigenvalue weighted by molar-refractivity contribution is 7.80. The van der Waals surface area contributed by atoms with Crippen LogP contribution in [-0.4, -0.2) is 18.8 Å². The molecule has 0 amide bonds. The summed E-state index contributed by atoms with van der Waals surface area (Å²) in [6.45, 7) is 4.58. The van der Waals surface area contributed by atoms with Gasteiger partial charge < -0.3 is 5.32 Å². The van der Waals surface area contributed by atoms with Gasteiger partial charge in [-0.15, -0.1) is 0 Å². The number of hydrogen-bond acceptors (Lipinski definition) is 2. The minimum Gasteiger partial charge on any atom is -0.317 e. The van der Waals surface area contributed by atoms with Crippen LogP contribution in [0.15, 0.2) is 0 Å². The standard InChI is InChI=1S/C10H23NS/c1-2-3-4-5-6-8-11-9-7-10-12/h11-12H,2-10H2,1H3. The van der Waals surface area contributed by atoms with Gasteiger partial charge in [0.25, 0.3) is 0 Å². The monoisotopic (exact) mass is 189 g/mol. The smallest absolute Gasteiger partial charge is 0.00411 e. The molecule has 0 atom stereocenters. The third kappa shape index (κ3) is 10.3. The summed E-state index contributed by atoms with van der Waals surface area (Å²) in [5, 5.41) is 3.41. The Morgan fingerprint density at radius 3 is 2.25 bits per heavy atom. The molecule has 0 spiro atoms. The van der Waals surface area contributed by atoms with Gasteiger partial charge in [-0.2, -0.15) is 12.6 Å². The van der Waals surface area contributed by atoms with Gasteiger partial charge in [0.1, 0.15) is 0 Å². The molecule has 0 aliphatic heterocycles. The highest BCUT2D eigenvalue weighted by Crippen LogP contribution is 2.00. The SMILES string of the molecule is CCCCCCCNCCCS. The Kier molecular flexibility index (Phi) is 11.6. The molecule has 1 N–H and O–H groups in total. The van der Waals surface area contributed by atoms with Crippen LogP contribution >= 0.6 is 12.6 Å². The van der Waals surface area contributed by atoms with Gasteiger partial charge in [-0.25, -0.2) is 0 Å². The number of nitrogens with one attached hydrogen (secondary N) is 1. The van der Waals surface area contributed by atoms with E-state index in [0.717, 1.165) is 12.3 Å². The first-order valence-corrected chi connectivity index (χ1v) is 5.86. The molecule has 0 fully saturated rings. The van der Waals surface area contributed by atoms with Gasteiger partial charge in [0.05, 0.1) is 0 Å². The van der Waals surface area contributed by atoms with Crippen LogP contribution in [0.3, 0.4) is 0 Å². The van der Waals surface area contributed by atoms with Crippen molar-refractivity contribution in [1.29, 1.82) is 0 Å². The molecule has 0 aliphatic rings. The largest absolute Gasteiger partial charge is 0.317 e. The minimum atomic E-state index is 1.00. The van der Waals surface area contributed by atoms with Crippen LogP contribution in [-0.2, 0) is 0 Å². The van der Waals surface area contributed by atoms with E-state index in [-0.39, 0.29) is 0 Å². The molecular weight excluding hydrogens is 166 g/mol. The number of hydrogen-bond donors (Lipinski definition) is 2. The Labute approximate surface area is 82.7 Å². The molecule has 0 radical (unpaired) electrons. The van der Waals surface area contributed by atoms with Gasteiger partial charge >= 0.3 is 0 Å². The lowest BCUT2D eigenvalue weighted by atomic mass is 10.1. The molecule has 0 saturated carbocycles. The Morgan fingerprint density at radius 2 is 1.58 bits per heavy atom. The van der Waals surface area contributed by atoms with Crippen molar-refractivity contribution >= 4 is 12.6 Å². The lowest BCUT2D eigenvalue weighted by Gasteiger charge is -2.02. The zero-order chi connectivity index (χ0) is 9.07. The summed E-state index contributed by atoms with van der Waals surface area (Å²) in [5.41, 5.74) is 0. The molecular formula is C10H23NS. The van der Waals surface area contributed by atoms with E-state index in [4.69, 9.17) is 0 Å². The average Bonchev–Trinajstić information content (AvgIpc) is 2.10. The van der Waals surface area contributed by atoms with E-state index >= 15 is 0 Å². The maximum absolute atomic E-state index is 4.15. The van der Waals surface area contributed by atoms with E-state index in [2.05, 4.69) is 24.9 Å². The van der Waals surface area contributed by atoms with Crippen molar-refractivity contribution in [2.24, 2.45) is 0 Å². The second kappa shape index (κ2) is 11.3. The van der Waals surface area contributed by atoms with E-state index in [1.165, 1.54) is 45.1 Å². The van der Waals surface area contributed by atoms with E-state index in [0.29, 0.717) is 0 Å². The summed E-state index contributed by atoms with van der Waals surface area (Å²) in [6, 6.07) is 0. The second-order valence-corrected chi connectivity index (χ2v) is 3.69. The molecule has 74 valence electrons. The quantitative estimate of drug-likeness (QED) is 0.420. The predicted molar refractivity (Wildman–Crippen MR) is 60.1 cm³/mol. The van der Waals surface area contributed by atoms with Gasteiger partial charge in [0, 0.05) is 0 Å². The lowest BCUT2D eigenvalue weighted by Crippen LogP contribution is -2.16. The molecule has 1 nitrogen and oxygen atoms in total. The van der Waals surface area contributed by atoms with Crippen molar-refractivity contribution in [3.05, 3.63) is 0 Å². The van der Waals surface area contributed by atoms with Gasteiger partial charge in [0.15, 0.2) is 0 Å². The van der Waals surface area contributed by atoms with Crippen LogP contribution in [0.4, 0.5) is 0 Å². The Hall–Kier alpha value is 0.310. The third-order valence-corrected chi connectivity index (χ3v) is 2.29. The Morgan fingerprint density at radius 1 is 0.917 bits per heavy atom. The predicted octanol–water partition coefficient (Wildman–Crippen LogP) is 2.87. The molecule has 0 heterocycles. The van der Waals surface area contributed by atoms with Crippen LogP contribution in [0.2, 0.25) is 0 Å². The highest BCUT2D eigenvalue weighted by Gasteiger charge is 1.88. The number of thiol groups is 1. The highest BCUT2D eigenvalue weighted by atomic mass is 32.1. The molecule has 0 bridgehead atoms. The molecule has 12 heavy (non-hydrogen) atoms. The molecule has 0 aromatic carbocycles. The zero-order valence-corrected chi connectivity index (χ0v) is 9.21. The summed E-state index contributed by atoms with van der Waals surface area (Å²) >= 11 is 4.15. The molecule has 0 unspecified atom stereocenters. The van der Waals surface area contributed by atoms with Gasteiger partial charge in [-0.05, 0) is 31.7 Å². The van der Waals surface area contributed by atoms with Crippen LogP contribution in [0, 0.1) is 0 Å². The molecule has 0 saturated heterocycles. The summed E-state index contributed by atoms with van der Waals surface area (Å²) in [4.78, 5) is 0. The summed E-state index contributed by atoms with van der Waals surface area (Å²) in [7, 11) is 0. The summed E-state index contributed by atoms with van der Waals surface area (Å²) < 4.78 is 0. The van der Waals surface area contributed by atoms with Crippen molar-refractivity contribution in [2.45, 2.75) is 45.4 Å². The topological polar surface area (TPSA) is 12.0 Å². The van der Waals surface area contributed by atoms with Gasteiger partial charge in [-0.3, -0.25) is 0 Å².